The van der Waals surface area contributed by atoms with Gasteiger partial charge in [0, 0.05) is 24.5 Å². The van der Waals surface area contributed by atoms with Crippen LogP contribution in [0.1, 0.15) is 21.6 Å². The number of carbonyl (C=O) groups is 1. The molecule has 5 rings (SSSR count). The first-order chi connectivity index (χ1) is 17.2. The minimum Gasteiger partial charge on any atom is -0.478 e. The third-order valence-corrected chi connectivity index (χ3v) is 5.56. The number of anilines is 1. The molecule has 35 heavy (non-hydrogen) atoms. The summed E-state index contributed by atoms with van der Waals surface area (Å²) < 4.78 is 0. The molecule has 0 saturated heterocycles. The number of aromatic carboxylic acids is 1. The molecule has 0 bridgehead atoms. The highest BCUT2D eigenvalue weighted by atomic mass is 16.4. The zero-order chi connectivity index (χ0) is 24.0. The Labute approximate surface area is 201 Å². The minimum absolute atomic E-state index is 0.148. The number of H-pyrrole nitrogens is 1. The fourth-order valence-electron chi connectivity index (χ4n) is 3.93. The lowest BCUT2D eigenvalue weighted by molar-refractivity contribution is 0.0697. The quantitative estimate of drug-likeness (QED) is 0.351. The molecule has 0 saturated carbocycles. The summed E-state index contributed by atoms with van der Waals surface area (Å²) in [5.41, 5.74) is 4.89. The van der Waals surface area contributed by atoms with Gasteiger partial charge in [-0.2, -0.15) is 0 Å². The number of hydrogen-bond donors (Lipinski definition) is 2. The molecular formula is C26H21N7O2. The Kier molecular flexibility index (Phi) is 6.21. The molecule has 2 aromatic carbocycles. The van der Waals surface area contributed by atoms with E-state index in [1.807, 2.05) is 71.6 Å². The van der Waals surface area contributed by atoms with Gasteiger partial charge in [0.05, 0.1) is 12.2 Å². The summed E-state index contributed by atoms with van der Waals surface area (Å²) in [7, 11) is 0. The monoisotopic (exact) mass is 463 g/mol. The van der Waals surface area contributed by atoms with Gasteiger partial charge in [-0.15, -0.1) is 5.10 Å². The fourth-order valence-corrected chi connectivity index (χ4v) is 3.93. The number of nitrogens with zero attached hydrogens (tertiary/aromatic N) is 6. The smallest absolute Gasteiger partial charge is 0.339 e. The Bertz CT molecular complexity index is 1420. The lowest BCUT2D eigenvalue weighted by atomic mass is 9.98. The Morgan fingerprint density at radius 3 is 2.31 bits per heavy atom. The van der Waals surface area contributed by atoms with Gasteiger partial charge in [-0.1, -0.05) is 54.6 Å². The van der Waals surface area contributed by atoms with Crippen LogP contribution in [0.2, 0.25) is 0 Å². The number of tetrazole rings is 1. The first-order valence-corrected chi connectivity index (χ1v) is 10.9. The maximum atomic E-state index is 11.9. The molecule has 9 nitrogen and oxygen atoms in total. The Morgan fingerprint density at radius 1 is 0.829 bits per heavy atom. The number of aromatic amines is 1. The number of hydrogen-bond acceptors (Lipinski definition) is 7. The lowest BCUT2D eigenvalue weighted by Crippen LogP contribution is -2.25. The van der Waals surface area contributed by atoms with Crippen molar-refractivity contribution in [3.8, 4) is 22.5 Å². The van der Waals surface area contributed by atoms with Gasteiger partial charge in [-0.3, -0.25) is 4.98 Å². The average molecular weight is 464 g/mol. The first-order valence-electron chi connectivity index (χ1n) is 10.9. The second-order valence-corrected chi connectivity index (χ2v) is 7.85. The van der Waals surface area contributed by atoms with Gasteiger partial charge in [0.1, 0.15) is 11.4 Å². The molecule has 0 aliphatic heterocycles. The number of pyridine rings is 2. The molecule has 0 fully saturated rings. The van der Waals surface area contributed by atoms with E-state index < -0.39 is 5.97 Å². The second kappa shape index (κ2) is 9.92. The molecule has 9 heteroatoms. The summed E-state index contributed by atoms with van der Waals surface area (Å²) >= 11 is 0. The molecule has 0 radical (unpaired) electrons. The maximum Gasteiger partial charge on any atom is 0.339 e. The van der Waals surface area contributed by atoms with Crippen molar-refractivity contribution in [2.24, 2.45) is 0 Å². The van der Waals surface area contributed by atoms with E-state index in [9.17, 15) is 9.90 Å². The topological polar surface area (TPSA) is 121 Å². The minimum atomic E-state index is -1.02. The van der Waals surface area contributed by atoms with Crippen LogP contribution in [0.5, 0.6) is 0 Å². The van der Waals surface area contributed by atoms with Crippen LogP contribution in [0.25, 0.3) is 22.5 Å². The van der Waals surface area contributed by atoms with E-state index >= 15 is 0 Å². The lowest BCUT2D eigenvalue weighted by Gasteiger charge is -2.25. The van der Waals surface area contributed by atoms with Crippen LogP contribution in [0.3, 0.4) is 0 Å². The Balaban J connectivity index is 1.46. The molecule has 5 aromatic rings. The average Bonchev–Trinajstić information content (AvgIpc) is 3.44. The van der Waals surface area contributed by atoms with Crippen LogP contribution in [0.15, 0.2) is 91.3 Å². The van der Waals surface area contributed by atoms with Crippen LogP contribution < -0.4 is 4.90 Å². The molecule has 3 aromatic heterocycles. The molecule has 0 atom stereocenters. The van der Waals surface area contributed by atoms with Crippen LogP contribution in [-0.2, 0) is 13.1 Å². The maximum absolute atomic E-state index is 11.9. The van der Waals surface area contributed by atoms with E-state index in [2.05, 4.69) is 30.6 Å². The van der Waals surface area contributed by atoms with Gasteiger partial charge < -0.3 is 10.0 Å². The number of carboxylic acids is 1. The van der Waals surface area contributed by atoms with Crippen molar-refractivity contribution in [2.45, 2.75) is 13.1 Å². The van der Waals surface area contributed by atoms with Crippen molar-refractivity contribution >= 4 is 11.8 Å². The summed E-state index contributed by atoms with van der Waals surface area (Å²) in [5, 5.41) is 23.9. The molecular weight excluding hydrogens is 442 g/mol. The summed E-state index contributed by atoms with van der Waals surface area (Å²) in [4.78, 5) is 22.6. The second-order valence-electron chi connectivity index (χ2n) is 7.85. The molecule has 0 spiro atoms. The van der Waals surface area contributed by atoms with E-state index in [0.717, 1.165) is 27.9 Å². The van der Waals surface area contributed by atoms with Crippen molar-refractivity contribution in [1.82, 2.24) is 30.6 Å². The molecule has 2 N–H and O–H groups in total. The Hall–Kier alpha value is -4.92. The number of aromatic nitrogens is 6. The normalized spacial score (nSPS) is 10.7. The number of rotatable bonds is 8. The van der Waals surface area contributed by atoms with Gasteiger partial charge in [0.25, 0.3) is 0 Å². The third kappa shape index (κ3) is 4.88. The highest BCUT2D eigenvalue weighted by Crippen LogP contribution is 2.30. The third-order valence-electron chi connectivity index (χ3n) is 5.56. The van der Waals surface area contributed by atoms with Crippen molar-refractivity contribution < 1.29 is 9.90 Å². The van der Waals surface area contributed by atoms with Gasteiger partial charge in [-0.25, -0.2) is 14.9 Å². The highest BCUT2D eigenvalue weighted by Gasteiger charge is 2.19. The van der Waals surface area contributed by atoms with E-state index in [1.54, 1.807) is 24.5 Å². The predicted molar refractivity (Wildman–Crippen MR) is 130 cm³/mol. The predicted octanol–water partition coefficient (Wildman–Crippen LogP) is 4.23. The summed E-state index contributed by atoms with van der Waals surface area (Å²) in [6.07, 6.45) is 3.33. The van der Waals surface area contributed by atoms with E-state index in [4.69, 9.17) is 0 Å². The van der Waals surface area contributed by atoms with Gasteiger partial charge in [0.2, 0.25) is 0 Å². The van der Waals surface area contributed by atoms with Crippen molar-refractivity contribution in [1.29, 1.82) is 0 Å². The first kappa shape index (κ1) is 21.9. The number of carboxylic acid groups (broad SMARTS) is 1. The van der Waals surface area contributed by atoms with Crippen molar-refractivity contribution in [3.63, 3.8) is 0 Å². The van der Waals surface area contributed by atoms with Gasteiger partial charge in [0.15, 0.2) is 5.82 Å². The molecule has 0 amide bonds. The standard InChI is InChI=1S/C26H21N7O2/c34-26(35)23-9-5-15-28-25(23)33(17-20-6-3-4-14-27-20)16-18-10-12-19(13-11-18)21-7-1-2-8-22(21)24-29-31-32-30-24/h1-15H,16-17H2,(H,34,35)(H,29,30,31,32). The summed E-state index contributed by atoms with van der Waals surface area (Å²) in [5.74, 6) is -0.0200. The molecule has 0 aliphatic rings. The molecule has 3 heterocycles. The van der Waals surface area contributed by atoms with Crippen molar-refractivity contribution in [2.75, 3.05) is 4.90 Å². The van der Waals surface area contributed by atoms with Crippen LogP contribution in [0, 0.1) is 0 Å². The van der Waals surface area contributed by atoms with Crippen molar-refractivity contribution in [3.05, 3.63) is 108 Å². The van der Waals surface area contributed by atoms with Crippen LogP contribution >= 0.6 is 0 Å². The summed E-state index contributed by atoms with van der Waals surface area (Å²) in [6.45, 7) is 0.878. The van der Waals surface area contributed by atoms with Crippen LogP contribution in [-0.4, -0.2) is 41.7 Å². The molecule has 0 aliphatic carbocycles. The van der Waals surface area contributed by atoms with E-state index in [-0.39, 0.29) is 5.56 Å². The SMILES string of the molecule is O=C(O)c1cccnc1N(Cc1ccc(-c2ccccc2-c2nnn[nH]2)cc1)Cc1ccccn1. The summed E-state index contributed by atoms with van der Waals surface area (Å²) in [6, 6.07) is 24.9. The molecule has 0 unspecified atom stereocenters. The van der Waals surface area contributed by atoms with Gasteiger partial charge in [-0.05, 0) is 51.4 Å². The highest BCUT2D eigenvalue weighted by molar-refractivity contribution is 5.93. The molecule has 172 valence electrons. The number of nitrogens with one attached hydrogen (secondary N) is 1. The number of benzene rings is 2. The Morgan fingerprint density at radius 2 is 1.60 bits per heavy atom. The van der Waals surface area contributed by atoms with Gasteiger partial charge >= 0.3 is 5.97 Å². The zero-order valence-corrected chi connectivity index (χ0v) is 18.6. The van der Waals surface area contributed by atoms with Crippen LogP contribution in [0.4, 0.5) is 5.82 Å². The van der Waals surface area contributed by atoms with E-state index in [1.165, 1.54) is 0 Å². The zero-order valence-electron chi connectivity index (χ0n) is 18.6. The largest absolute Gasteiger partial charge is 0.478 e. The fraction of sp³-hybridized carbons (Fsp3) is 0.0769. The van der Waals surface area contributed by atoms with E-state index in [0.29, 0.717) is 24.7 Å².